The van der Waals surface area contributed by atoms with Crippen molar-refractivity contribution < 1.29 is 39.8 Å². The first-order chi connectivity index (χ1) is 10.9. The molecule has 1 fully saturated rings. The third-order valence-electron chi connectivity index (χ3n) is 4.73. The van der Waals surface area contributed by atoms with Crippen LogP contribution in [-0.4, -0.2) is 68.7 Å². The molecule has 1 aromatic rings. The highest BCUT2D eigenvalue weighted by molar-refractivity contribution is 6.01. The van der Waals surface area contributed by atoms with E-state index in [0.717, 1.165) is 0 Å². The molecule has 6 N–H and O–H groups in total. The van der Waals surface area contributed by atoms with Gasteiger partial charge in [-0.05, 0) is 11.6 Å². The Bertz CT molecular complexity index is 692. The Morgan fingerprint density at radius 2 is 1.74 bits per heavy atom. The van der Waals surface area contributed by atoms with Gasteiger partial charge in [0.15, 0.2) is 11.5 Å². The van der Waals surface area contributed by atoms with E-state index in [9.17, 15) is 30.3 Å². The largest absolute Gasteiger partial charge is 0.504 e. The Balaban J connectivity index is 1.91. The zero-order valence-corrected chi connectivity index (χ0v) is 11.7. The molecule has 124 valence electrons. The topological polar surface area (TPSA) is 149 Å². The quantitative estimate of drug-likeness (QED) is 0.314. The van der Waals surface area contributed by atoms with E-state index in [1.165, 1.54) is 6.07 Å². The molecule has 4 rings (SSSR count). The van der Waals surface area contributed by atoms with Gasteiger partial charge in [-0.15, -0.1) is 0 Å². The first-order valence-corrected chi connectivity index (χ1v) is 7.10. The summed E-state index contributed by atoms with van der Waals surface area (Å²) in [5.74, 6) is -1.78. The van der Waals surface area contributed by atoms with Crippen LogP contribution in [0, 0.1) is 0 Å². The SMILES string of the molecule is O=C1N[C@@H]2[C@@H](O)[C@@H](O)[C@H](O)[C@@H](O)[C@H]2c2cc3c(c(O)c21)OCO3. The predicted octanol–water partition coefficient (Wildman–Crippen LogP) is -2.23. The minimum Gasteiger partial charge on any atom is -0.504 e. The fraction of sp³-hybridized carbons (Fsp3) is 0.500. The molecule has 0 unspecified atom stereocenters. The number of hydrogen-bond acceptors (Lipinski definition) is 8. The maximum atomic E-state index is 12.3. The molecular weight excluding hydrogens is 310 g/mol. The van der Waals surface area contributed by atoms with Crippen LogP contribution < -0.4 is 14.8 Å². The minimum atomic E-state index is -1.60. The van der Waals surface area contributed by atoms with Crippen molar-refractivity contribution in [3.63, 3.8) is 0 Å². The zero-order valence-electron chi connectivity index (χ0n) is 11.7. The zero-order chi connectivity index (χ0) is 16.5. The number of carbonyl (C=O) groups excluding carboxylic acids is 1. The van der Waals surface area contributed by atoms with Crippen molar-refractivity contribution >= 4 is 5.91 Å². The summed E-state index contributed by atoms with van der Waals surface area (Å²) < 4.78 is 10.3. The lowest BCUT2D eigenvalue weighted by atomic mass is 9.70. The molecule has 9 heteroatoms. The van der Waals surface area contributed by atoms with Crippen molar-refractivity contribution in [1.82, 2.24) is 5.32 Å². The molecule has 2 aliphatic heterocycles. The normalized spacial score (nSPS) is 37.8. The Labute approximate surface area is 129 Å². The monoisotopic (exact) mass is 325 g/mol. The molecule has 6 atom stereocenters. The summed E-state index contributed by atoms with van der Waals surface area (Å²) >= 11 is 0. The third-order valence-corrected chi connectivity index (χ3v) is 4.73. The van der Waals surface area contributed by atoms with E-state index in [2.05, 4.69) is 5.32 Å². The van der Waals surface area contributed by atoms with Gasteiger partial charge in [0.25, 0.3) is 5.91 Å². The van der Waals surface area contributed by atoms with Crippen molar-refractivity contribution in [2.24, 2.45) is 0 Å². The average molecular weight is 325 g/mol. The standard InChI is InChI=1S/C14H15NO8/c16-8-5-3-1-4-13(23-2-22-4)9(17)6(3)14(21)15-7(5)10(18)12(20)11(8)19/h1,5,7-8,10-12,16-20H,2H2,(H,15,21)/t5-,7-,8-,10+,11+,12+/m0/s1. The number of aromatic hydroxyl groups is 1. The first kappa shape index (κ1) is 14.5. The number of aliphatic hydroxyl groups excluding tert-OH is 4. The molecule has 0 aromatic heterocycles. The number of benzene rings is 1. The molecule has 23 heavy (non-hydrogen) atoms. The van der Waals surface area contributed by atoms with Gasteiger partial charge in [-0.25, -0.2) is 0 Å². The van der Waals surface area contributed by atoms with Gasteiger partial charge in [0.05, 0.1) is 17.7 Å². The van der Waals surface area contributed by atoms with Gasteiger partial charge >= 0.3 is 0 Å². The lowest BCUT2D eigenvalue weighted by Crippen LogP contribution is -2.66. The summed E-state index contributed by atoms with van der Waals surface area (Å²) in [6.45, 7) is -0.117. The number of fused-ring (bicyclic) bond motifs is 4. The molecular formula is C14H15NO8. The van der Waals surface area contributed by atoms with Crippen LogP contribution in [0.2, 0.25) is 0 Å². The Morgan fingerprint density at radius 1 is 1.04 bits per heavy atom. The maximum Gasteiger partial charge on any atom is 0.255 e. The highest BCUT2D eigenvalue weighted by Gasteiger charge is 2.53. The van der Waals surface area contributed by atoms with E-state index < -0.39 is 48.0 Å². The van der Waals surface area contributed by atoms with Crippen molar-refractivity contribution in [2.45, 2.75) is 36.4 Å². The van der Waals surface area contributed by atoms with Gasteiger partial charge in [0, 0.05) is 5.92 Å². The second kappa shape index (κ2) is 4.71. The van der Waals surface area contributed by atoms with E-state index in [1.54, 1.807) is 0 Å². The van der Waals surface area contributed by atoms with E-state index >= 15 is 0 Å². The predicted molar refractivity (Wildman–Crippen MR) is 72.3 cm³/mol. The summed E-state index contributed by atoms with van der Waals surface area (Å²) in [7, 11) is 0. The van der Waals surface area contributed by atoms with Crippen molar-refractivity contribution in [2.75, 3.05) is 6.79 Å². The number of amides is 1. The molecule has 0 radical (unpaired) electrons. The van der Waals surface area contributed by atoms with Crippen LogP contribution in [0.4, 0.5) is 0 Å². The van der Waals surface area contributed by atoms with Crippen LogP contribution in [0.25, 0.3) is 0 Å². The molecule has 0 bridgehead atoms. The van der Waals surface area contributed by atoms with Gasteiger partial charge in [0.2, 0.25) is 12.5 Å². The Morgan fingerprint density at radius 3 is 2.48 bits per heavy atom. The summed E-state index contributed by atoms with van der Waals surface area (Å²) in [4.78, 5) is 12.3. The highest BCUT2D eigenvalue weighted by Crippen LogP contribution is 2.49. The summed E-state index contributed by atoms with van der Waals surface area (Å²) in [6, 6.07) is 0.428. The van der Waals surface area contributed by atoms with Gasteiger partial charge in [0.1, 0.15) is 18.3 Å². The molecule has 2 heterocycles. The smallest absolute Gasteiger partial charge is 0.255 e. The molecule has 1 saturated carbocycles. The van der Waals surface area contributed by atoms with E-state index in [1.807, 2.05) is 0 Å². The average Bonchev–Trinajstić information content (AvgIpc) is 2.99. The fourth-order valence-electron chi connectivity index (χ4n) is 3.58. The number of aliphatic hydroxyl groups is 4. The van der Waals surface area contributed by atoms with Crippen LogP contribution in [0.1, 0.15) is 21.8 Å². The van der Waals surface area contributed by atoms with Crippen molar-refractivity contribution in [3.8, 4) is 17.2 Å². The lowest BCUT2D eigenvalue weighted by Gasteiger charge is -2.47. The second-order valence-corrected chi connectivity index (χ2v) is 5.91. The van der Waals surface area contributed by atoms with Crippen LogP contribution in [0.5, 0.6) is 17.2 Å². The fourth-order valence-corrected chi connectivity index (χ4v) is 3.58. The van der Waals surface area contributed by atoms with Crippen LogP contribution in [-0.2, 0) is 0 Å². The lowest BCUT2D eigenvalue weighted by molar-refractivity contribution is -0.155. The van der Waals surface area contributed by atoms with E-state index in [0.29, 0.717) is 0 Å². The minimum absolute atomic E-state index is 0.0313. The van der Waals surface area contributed by atoms with Crippen molar-refractivity contribution in [3.05, 3.63) is 17.2 Å². The molecule has 1 aromatic carbocycles. The maximum absolute atomic E-state index is 12.3. The number of nitrogens with one attached hydrogen (secondary N) is 1. The molecule has 1 amide bonds. The number of carbonyl (C=O) groups is 1. The van der Waals surface area contributed by atoms with Crippen molar-refractivity contribution in [1.29, 1.82) is 0 Å². The van der Waals surface area contributed by atoms with Gasteiger partial charge in [-0.3, -0.25) is 4.79 Å². The summed E-state index contributed by atoms with van der Waals surface area (Å²) in [5.41, 5.74) is 0.114. The van der Waals surface area contributed by atoms with Crippen LogP contribution in [0.15, 0.2) is 6.07 Å². The van der Waals surface area contributed by atoms with Gasteiger partial charge in [-0.2, -0.15) is 0 Å². The Kier molecular flexibility index (Phi) is 2.97. The van der Waals surface area contributed by atoms with E-state index in [-0.39, 0.29) is 29.4 Å². The summed E-state index contributed by atoms with van der Waals surface area (Å²) in [6.07, 6.45) is -6.11. The van der Waals surface area contributed by atoms with Crippen LogP contribution >= 0.6 is 0 Å². The first-order valence-electron chi connectivity index (χ1n) is 7.10. The number of rotatable bonds is 0. The number of phenolic OH excluding ortho intramolecular Hbond substituents is 1. The molecule has 0 saturated heterocycles. The molecule has 1 aliphatic carbocycles. The molecule has 0 spiro atoms. The number of ether oxygens (including phenoxy) is 2. The number of phenols is 1. The molecule has 3 aliphatic rings. The van der Waals surface area contributed by atoms with E-state index in [4.69, 9.17) is 9.47 Å². The third kappa shape index (κ3) is 1.78. The molecule has 9 nitrogen and oxygen atoms in total. The highest BCUT2D eigenvalue weighted by atomic mass is 16.7. The van der Waals surface area contributed by atoms with Gasteiger partial charge in [-0.1, -0.05) is 0 Å². The van der Waals surface area contributed by atoms with Crippen LogP contribution in [0.3, 0.4) is 0 Å². The Hall–Kier alpha value is -2.07. The van der Waals surface area contributed by atoms with Gasteiger partial charge < -0.3 is 40.3 Å². The number of hydrogen-bond donors (Lipinski definition) is 6. The summed E-state index contributed by atoms with van der Waals surface area (Å²) in [5, 5.41) is 52.9. The second-order valence-electron chi connectivity index (χ2n) is 5.91.